The maximum atomic E-state index is 13.5. The topological polar surface area (TPSA) is 20.2 Å². The normalized spacial score (nSPS) is 17.6. The smallest absolute Gasteiger partial charge is 0.123 e. The number of benzene rings is 2. The first kappa shape index (κ1) is 12.4. The molecule has 4 heteroatoms. The molecule has 100 valence electrons. The molecule has 4 rings (SSSR count). The van der Waals surface area contributed by atoms with Crippen LogP contribution in [0.1, 0.15) is 22.8 Å². The van der Waals surface area contributed by atoms with Gasteiger partial charge in [-0.2, -0.15) is 0 Å². The Morgan fingerprint density at radius 2 is 2.00 bits per heavy atom. The molecule has 0 aliphatic carbocycles. The van der Waals surface area contributed by atoms with Crippen molar-refractivity contribution in [2.24, 2.45) is 0 Å². The Labute approximate surface area is 124 Å². The third-order valence-electron chi connectivity index (χ3n) is 3.68. The summed E-state index contributed by atoms with van der Waals surface area (Å²) in [5.74, 6) is 0.463. The van der Waals surface area contributed by atoms with E-state index >= 15 is 0 Å². The second-order valence-electron chi connectivity index (χ2n) is 4.86. The molecule has 1 aliphatic heterocycles. The summed E-state index contributed by atoms with van der Waals surface area (Å²) in [7, 11) is 0. The van der Waals surface area contributed by atoms with E-state index in [0.29, 0.717) is 5.56 Å². The Balaban J connectivity index is 1.97. The second kappa shape index (κ2) is 4.58. The summed E-state index contributed by atoms with van der Waals surface area (Å²) >= 11 is 3.41. The maximum Gasteiger partial charge on any atom is 0.123 e. The monoisotopic (exact) mass is 302 g/mol. The predicted octanol–water partition coefficient (Wildman–Crippen LogP) is 4.73. The Kier molecular flexibility index (Phi) is 2.84. The van der Waals surface area contributed by atoms with E-state index in [1.54, 1.807) is 29.2 Å². The predicted molar refractivity (Wildman–Crippen MR) is 81.8 cm³/mol. The fourth-order valence-corrected chi connectivity index (χ4v) is 4.98. The molecule has 2 aromatic carbocycles. The second-order valence-corrected chi connectivity index (χ2v) is 6.76. The third-order valence-corrected chi connectivity index (χ3v) is 5.94. The number of halogens is 1. The summed E-state index contributed by atoms with van der Waals surface area (Å²) < 4.78 is 14.7. The van der Waals surface area contributed by atoms with Gasteiger partial charge >= 0.3 is 0 Å². The number of aliphatic hydroxyl groups excluding tert-OH is 1. The number of hydrogen-bond donors (Lipinski definition) is 1. The van der Waals surface area contributed by atoms with E-state index in [1.165, 1.54) is 22.2 Å². The first-order chi connectivity index (χ1) is 9.74. The Morgan fingerprint density at radius 3 is 2.90 bits per heavy atom. The van der Waals surface area contributed by atoms with Gasteiger partial charge in [0.05, 0.1) is 0 Å². The molecule has 0 bridgehead atoms. The molecule has 2 heterocycles. The van der Waals surface area contributed by atoms with Crippen LogP contribution in [0, 0.1) is 5.82 Å². The summed E-state index contributed by atoms with van der Waals surface area (Å²) in [5, 5.41) is 13.9. The summed E-state index contributed by atoms with van der Waals surface area (Å²) in [4.78, 5) is 1.13. The van der Waals surface area contributed by atoms with Gasteiger partial charge in [0.1, 0.15) is 11.9 Å². The van der Waals surface area contributed by atoms with E-state index < -0.39 is 6.10 Å². The lowest BCUT2D eigenvalue weighted by Gasteiger charge is -2.14. The van der Waals surface area contributed by atoms with Crippen LogP contribution >= 0.6 is 23.1 Å². The number of thiophene rings is 1. The Bertz CT molecular complexity index is 809. The fraction of sp³-hybridized carbons (Fsp3) is 0.125. The highest BCUT2D eigenvalue weighted by Crippen LogP contribution is 2.44. The molecule has 0 fully saturated rings. The zero-order valence-corrected chi connectivity index (χ0v) is 12.1. The summed E-state index contributed by atoms with van der Waals surface area (Å²) in [5.41, 5.74) is 2.58. The lowest BCUT2D eigenvalue weighted by atomic mass is 9.97. The van der Waals surface area contributed by atoms with E-state index in [9.17, 15) is 9.50 Å². The number of hydrogen-bond acceptors (Lipinski definition) is 3. The fourth-order valence-electron chi connectivity index (χ4n) is 2.65. The van der Waals surface area contributed by atoms with Gasteiger partial charge in [0.15, 0.2) is 0 Å². The minimum atomic E-state index is -0.753. The number of rotatable bonds is 0. The van der Waals surface area contributed by atoms with Crippen LogP contribution < -0.4 is 0 Å². The van der Waals surface area contributed by atoms with Crippen LogP contribution in [-0.4, -0.2) is 5.11 Å². The number of fused-ring (bicyclic) bond motifs is 4. The van der Waals surface area contributed by atoms with Crippen molar-refractivity contribution in [3.05, 3.63) is 64.3 Å². The summed E-state index contributed by atoms with van der Waals surface area (Å²) in [6.45, 7) is 0. The van der Waals surface area contributed by atoms with Gasteiger partial charge in [-0.05, 0) is 40.1 Å². The lowest BCUT2D eigenvalue weighted by molar-refractivity contribution is 0.217. The van der Waals surface area contributed by atoms with Gasteiger partial charge in [0, 0.05) is 20.9 Å². The third kappa shape index (κ3) is 1.79. The first-order valence-electron chi connectivity index (χ1n) is 6.33. The number of thioether (sulfide) groups is 1. The quantitative estimate of drug-likeness (QED) is 0.648. The molecule has 0 amide bonds. The first-order valence-corrected chi connectivity index (χ1v) is 8.20. The SMILES string of the molecule is OC1c2cc(F)ccc2CSc2c1ccc1ccsc21. The van der Waals surface area contributed by atoms with Gasteiger partial charge in [-0.15, -0.1) is 23.1 Å². The van der Waals surface area contributed by atoms with E-state index in [2.05, 4.69) is 11.4 Å². The number of aliphatic hydroxyl groups is 1. The van der Waals surface area contributed by atoms with E-state index in [1.807, 2.05) is 12.1 Å². The molecule has 0 saturated carbocycles. The Morgan fingerprint density at radius 1 is 1.10 bits per heavy atom. The minimum absolute atomic E-state index is 0.298. The zero-order valence-electron chi connectivity index (χ0n) is 10.5. The van der Waals surface area contributed by atoms with Gasteiger partial charge in [-0.25, -0.2) is 4.39 Å². The maximum absolute atomic E-state index is 13.5. The van der Waals surface area contributed by atoms with Gasteiger partial charge in [-0.1, -0.05) is 18.2 Å². The zero-order chi connectivity index (χ0) is 13.7. The van der Waals surface area contributed by atoms with Crippen LogP contribution in [0.15, 0.2) is 46.7 Å². The average Bonchev–Trinajstić information content (AvgIpc) is 2.88. The van der Waals surface area contributed by atoms with Crippen molar-refractivity contribution < 1.29 is 9.50 Å². The van der Waals surface area contributed by atoms with Crippen LogP contribution in [0.5, 0.6) is 0 Å². The van der Waals surface area contributed by atoms with Gasteiger partial charge in [0.2, 0.25) is 0 Å². The van der Waals surface area contributed by atoms with Gasteiger partial charge in [-0.3, -0.25) is 0 Å². The van der Waals surface area contributed by atoms with E-state index in [4.69, 9.17) is 0 Å². The van der Waals surface area contributed by atoms with Crippen molar-refractivity contribution in [2.45, 2.75) is 16.8 Å². The average molecular weight is 302 g/mol. The molecule has 1 nitrogen and oxygen atoms in total. The molecule has 1 aromatic heterocycles. The van der Waals surface area contributed by atoms with Gasteiger partial charge in [0.25, 0.3) is 0 Å². The van der Waals surface area contributed by atoms with Crippen molar-refractivity contribution in [1.82, 2.24) is 0 Å². The van der Waals surface area contributed by atoms with Crippen molar-refractivity contribution >= 4 is 33.2 Å². The van der Waals surface area contributed by atoms with Crippen LogP contribution in [0.3, 0.4) is 0 Å². The molecular weight excluding hydrogens is 291 g/mol. The molecule has 0 radical (unpaired) electrons. The highest BCUT2D eigenvalue weighted by atomic mass is 32.2. The molecule has 1 unspecified atom stereocenters. The van der Waals surface area contributed by atoms with Crippen LogP contribution in [0.4, 0.5) is 4.39 Å². The molecule has 0 spiro atoms. The van der Waals surface area contributed by atoms with Gasteiger partial charge < -0.3 is 5.11 Å². The summed E-state index contributed by atoms with van der Waals surface area (Å²) in [6.07, 6.45) is -0.753. The Hall–Kier alpha value is -1.36. The highest BCUT2D eigenvalue weighted by Gasteiger charge is 2.24. The van der Waals surface area contributed by atoms with Crippen molar-refractivity contribution in [3.63, 3.8) is 0 Å². The molecule has 1 N–H and O–H groups in total. The van der Waals surface area contributed by atoms with E-state index in [0.717, 1.165) is 21.8 Å². The highest BCUT2D eigenvalue weighted by molar-refractivity contribution is 7.99. The summed E-state index contributed by atoms with van der Waals surface area (Å²) in [6, 6.07) is 10.8. The molecular formula is C16H11FOS2. The van der Waals surface area contributed by atoms with Crippen LogP contribution in [-0.2, 0) is 5.75 Å². The van der Waals surface area contributed by atoms with Crippen molar-refractivity contribution in [3.8, 4) is 0 Å². The molecule has 20 heavy (non-hydrogen) atoms. The standard InChI is InChI=1S/C16H11FOS2/c17-11-3-1-10-8-20-16-12(14(18)13(10)7-11)4-2-9-5-6-19-15(9)16/h1-7,14,18H,8H2. The minimum Gasteiger partial charge on any atom is -0.384 e. The largest absolute Gasteiger partial charge is 0.384 e. The molecule has 1 atom stereocenters. The molecule has 0 saturated heterocycles. The van der Waals surface area contributed by atoms with Crippen LogP contribution in [0.2, 0.25) is 0 Å². The lowest BCUT2D eigenvalue weighted by Crippen LogP contribution is -2.02. The van der Waals surface area contributed by atoms with Crippen molar-refractivity contribution in [2.75, 3.05) is 0 Å². The molecule has 1 aliphatic rings. The van der Waals surface area contributed by atoms with E-state index in [-0.39, 0.29) is 5.82 Å². The molecule has 3 aromatic rings. The van der Waals surface area contributed by atoms with Crippen molar-refractivity contribution in [1.29, 1.82) is 0 Å². The van der Waals surface area contributed by atoms with Crippen LogP contribution in [0.25, 0.3) is 10.1 Å².